The average molecular weight is 328 g/mol. The predicted octanol–water partition coefficient (Wildman–Crippen LogP) is 5.56. The smallest absolute Gasteiger partial charge is 0.0695 e. The summed E-state index contributed by atoms with van der Waals surface area (Å²) in [5, 5.41) is 7.57. The highest BCUT2D eigenvalue weighted by atomic mass is 15.1. The minimum Gasteiger partial charge on any atom is -0.302 e. The molecule has 0 aliphatic heterocycles. The third-order valence-electron chi connectivity index (χ3n) is 4.65. The van der Waals surface area contributed by atoms with Crippen LogP contribution in [-0.4, -0.2) is 28.7 Å². The van der Waals surface area contributed by atoms with E-state index in [4.69, 9.17) is 0 Å². The van der Waals surface area contributed by atoms with Gasteiger partial charge in [-0.1, -0.05) is 47.1 Å². The third-order valence-corrected chi connectivity index (χ3v) is 4.65. The summed E-state index contributed by atoms with van der Waals surface area (Å²) < 4.78 is 0. The lowest BCUT2D eigenvalue weighted by molar-refractivity contribution is 0.321. The van der Waals surface area contributed by atoms with E-state index < -0.39 is 0 Å². The van der Waals surface area contributed by atoms with E-state index in [1.54, 1.807) is 0 Å². The molecule has 0 aliphatic rings. The normalized spacial score (nSPS) is 11.9. The lowest BCUT2D eigenvalue weighted by Crippen LogP contribution is -2.19. The van der Waals surface area contributed by atoms with Gasteiger partial charge in [0, 0.05) is 17.7 Å². The van der Waals surface area contributed by atoms with E-state index in [0.717, 1.165) is 13.1 Å². The molecule has 0 unspecified atom stereocenters. The molecule has 3 nitrogen and oxygen atoms in total. The fourth-order valence-electron chi connectivity index (χ4n) is 2.97. The molecule has 2 rings (SSSR count). The number of aromatic nitrogens is 2. The van der Waals surface area contributed by atoms with Gasteiger partial charge in [-0.2, -0.15) is 5.10 Å². The summed E-state index contributed by atoms with van der Waals surface area (Å²) in [6.07, 6.45) is 4.45. The number of rotatable bonds is 8. The maximum absolute atomic E-state index is 4.33. The molecule has 3 heteroatoms. The van der Waals surface area contributed by atoms with Crippen molar-refractivity contribution in [3.8, 4) is 11.3 Å². The molecule has 0 saturated heterocycles. The first-order valence-corrected chi connectivity index (χ1v) is 9.28. The number of benzene rings is 1. The second kappa shape index (κ2) is 8.48. The van der Waals surface area contributed by atoms with Gasteiger partial charge in [-0.3, -0.25) is 5.10 Å². The van der Waals surface area contributed by atoms with Gasteiger partial charge in [-0.05, 0) is 55.1 Å². The monoisotopic (exact) mass is 327 g/mol. The summed E-state index contributed by atoms with van der Waals surface area (Å²) >= 11 is 0. The van der Waals surface area contributed by atoms with Gasteiger partial charge in [-0.25, -0.2) is 0 Å². The molecule has 1 aromatic carbocycles. The van der Waals surface area contributed by atoms with Crippen LogP contribution >= 0.6 is 0 Å². The summed E-state index contributed by atoms with van der Waals surface area (Å²) in [5.41, 5.74) is 6.51. The second-order valence-corrected chi connectivity index (χ2v) is 7.56. The number of aromatic amines is 1. The van der Waals surface area contributed by atoms with Gasteiger partial charge in [-0.15, -0.1) is 0 Å². The Labute approximate surface area is 147 Å². The molecule has 2 aromatic rings. The van der Waals surface area contributed by atoms with Crippen LogP contribution in [0.4, 0.5) is 0 Å². The molecule has 0 spiro atoms. The van der Waals surface area contributed by atoms with Gasteiger partial charge in [0.1, 0.15) is 0 Å². The second-order valence-electron chi connectivity index (χ2n) is 7.56. The molecule has 0 bridgehead atoms. The fraction of sp³-hybridized carbons (Fsp3) is 0.571. The van der Waals surface area contributed by atoms with Crippen molar-refractivity contribution in [3.63, 3.8) is 0 Å². The lowest BCUT2D eigenvalue weighted by atomic mass is 9.91. The van der Waals surface area contributed by atoms with Crippen LogP contribution in [0.1, 0.15) is 76.0 Å². The molecule has 0 atom stereocenters. The molecular weight excluding hydrogens is 294 g/mol. The van der Waals surface area contributed by atoms with E-state index in [2.05, 4.69) is 75.0 Å². The van der Waals surface area contributed by atoms with Gasteiger partial charge in [0.2, 0.25) is 0 Å². The molecule has 0 amide bonds. The van der Waals surface area contributed by atoms with Crippen LogP contribution in [0.3, 0.4) is 0 Å². The zero-order chi connectivity index (χ0) is 17.7. The number of H-pyrrole nitrogens is 1. The van der Waals surface area contributed by atoms with Gasteiger partial charge in [0.15, 0.2) is 0 Å². The molecule has 0 radical (unpaired) electrons. The lowest BCUT2D eigenvalue weighted by Gasteiger charge is -2.17. The maximum atomic E-state index is 4.33. The minimum absolute atomic E-state index is 0.529. The van der Waals surface area contributed by atoms with Crippen LogP contribution in [0.25, 0.3) is 11.3 Å². The third kappa shape index (κ3) is 4.70. The summed E-state index contributed by atoms with van der Waals surface area (Å²) in [7, 11) is 2.19. The van der Waals surface area contributed by atoms with E-state index in [-0.39, 0.29) is 0 Å². The van der Waals surface area contributed by atoms with E-state index in [1.165, 1.54) is 40.8 Å². The van der Waals surface area contributed by atoms with E-state index in [9.17, 15) is 0 Å². The van der Waals surface area contributed by atoms with Crippen molar-refractivity contribution in [1.29, 1.82) is 0 Å². The molecular formula is C21H33N3. The van der Waals surface area contributed by atoms with Gasteiger partial charge < -0.3 is 4.90 Å². The zero-order valence-corrected chi connectivity index (χ0v) is 16.2. The SMILES string of the molecule is CCCCN(C)Cc1cn[nH]c1-c1cc(C(C)C)cc(C(C)C)c1. The Kier molecular flexibility index (Phi) is 6.61. The molecule has 132 valence electrons. The standard InChI is InChI=1S/C21H33N3/c1-7-8-9-24(6)14-20-13-22-23-21(20)19-11-17(15(2)3)10-18(12-19)16(4)5/h10-13,15-16H,7-9,14H2,1-6H3,(H,22,23). The first-order chi connectivity index (χ1) is 11.4. The topological polar surface area (TPSA) is 31.9 Å². The Morgan fingerprint density at radius 3 is 2.21 bits per heavy atom. The van der Waals surface area contributed by atoms with Crippen molar-refractivity contribution in [1.82, 2.24) is 15.1 Å². The van der Waals surface area contributed by atoms with Crippen LogP contribution in [0.2, 0.25) is 0 Å². The van der Waals surface area contributed by atoms with Crippen molar-refractivity contribution in [2.75, 3.05) is 13.6 Å². The largest absolute Gasteiger partial charge is 0.302 e. The zero-order valence-electron chi connectivity index (χ0n) is 16.2. The Hall–Kier alpha value is -1.61. The van der Waals surface area contributed by atoms with Crippen LogP contribution in [0, 0.1) is 0 Å². The Morgan fingerprint density at radius 2 is 1.67 bits per heavy atom. The molecule has 1 N–H and O–H groups in total. The van der Waals surface area contributed by atoms with Gasteiger partial charge in [0.25, 0.3) is 0 Å². The number of hydrogen-bond acceptors (Lipinski definition) is 2. The summed E-state index contributed by atoms with van der Waals surface area (Å²) in [6, 6.07) is 6.99. The first-order valence-electron chi connectivity index (χ1n) is 9.28. The predicted molar refractivity (Wildman–Crippen MR) is 103 cm³/mol. The summed E-state index contributed by atoms with van der Waals surface area (Å²) in [6.45, 7) is 13.3. The van der Waals surface area contributed by atoms with Crippen LogP contribution in [-0.2, 0) is 6.54 Å². The number of hydrogen-bond donors (Lipinski definition) is 1. The molecule has 0 fully saturated rings. The van der Waals surface area contributed by atoms with E-state index in [1.807, 2.05) is 6.20 Å². The van der Waals surface area contributed by atoms with Crippen molar-refractivity contribution in [2.24, 2.45) is 0 Å². The van der Waals surface area contributed by atoms with Gasteiger partial charge in [0.05, 0.1) is 11.9 Å². The highest BCUT2D eigenvalue weighted by molar-refractivity contribution is 5.65. The number of nitrogens with zero attached hydrogens (tertiary/aromatic N) is 2. The Morgan fingerprint density at radius 1 is 1.04 bits per heavy atom. The maximum Gasteiger partial charge on any atom is 0.0695 e. The fourth-order valence-corrected chi connectivity index (χ4v) is 2.97. The van der Waals surface area contributed by atoms with Crippen LogP contribution in [0.5, 0.6) is 0 Å². The Bertz CT molecular complexity index is 614. The van der Waals surface area contributed by atoms with Crippen molar-refractivity contribution < 1.29 is 0 Å². The molecule has 0 saturated carbocycles. The summed E-state index contributed by atoms with van der Waals surface area (Å²) in [5.74, 6) is 1.06. The van der Waals surface area contributed by atoms with E-state index in [0.29, 0.717) is 11.8 Å². The first kappa shape index (κ1) is 18.7. The minimum atomic E-state index is 0.529. The number of nitrogens with one attached hydrogen (secondary N) is 1. The van der Waals surface area contributed by atoms with Crippen LogP contribution in [0.15, 0.2) is 24.4 Å². The van der Waals surface area contributed by atoms with Crippen molar-refractivity contribution >= 4 is 0 Å². The summed E-state index contributed by atoms with van der Waals surface area (Å²) in [4.78, 5) is 2.38. The molecule has 0 aliphatic carbocycles. The molecule has 24 heavy (non-hydrogen) atoms. The highest BCUT2D eigenvalue weighted by Crippen LogP contribution is 2.30. The van der Waals surface area contributed by atoms with Crippen molar-refractivity contribution in [2.45, 2.75) is 65.8 Å². The van der Waals surface area contributed by atoms with Crippen molar-refractivity contribution in [3.05, 3.63) is 41.1 Å². The quantitative estimate of drug-likeness (QED) is 0.689. The number of unbranched alkanes of at least 4 members (excludes halogenated alkanes) is 1. The van der Waals surface area contributed by atoms with Crippen LogP contribution < -0.4 is 0 Å². The van der Waals surface area contributed by atoms with Gasteiger partial charge >= 0.3 is 0 Å². The molecule has 1 aromatic heterocycles. The highest BCUT2D eigenvalue weighted by Gasteiger charge is 2.14. The van der Waals surface area contributed by atoms with E-state index >= 15 is 0 Å². The Balaban J connectivity index is 2.33. The molecule has 1 heterocycles. The average Bonchev–Trinajstić information content (AvgIpc) is 3.00.